The van der Waals surface area contributed by atoms with Crippen molar-refractivity contribution in [3.05, 3.63) is 71.8 Å². The van der Waals surface area contributed by atoms with Crippen molar-refractivity contribution in [3.63, 3.8) is 0 Å². The Bertz CT molecular complexity index is 973. The molecule has 6 nitrogen and oxygen atoms in total. The molecule has 2 aromatic carbocycles. The minimum absolute atomic E-state index is 0.0539. The maximum Gasteiger partial charge on any atom is 0.191 e. The predicted molar refractivity (Wildman–Crippen MR) is 114 cm³/mol. The van der Waals surface area contributed by atoms with E-state index in [4.69, 9.17) is 4.74 Å². The zero-order valence-corrected chi connectivity index (χ0v) is 17.3. The Morgan fingerprint density at radius 1 is 1.17 bits per heavy atom. The van der Waals surface area contributed by atoms with Gasteiger partial charge in [-0.05, 0) is 37.1 Å². The topological polar surface area (TPSA) is 69.0 Å². The van der Waals surface area contributed by atoms with Gasteiger partial charge < -0.3 is 14.6 Å². The van der Waals surface area contributed by atoms with Crippen LogP contribution in [0.15, 0.2) is 59.8 Å². The van der Waals surface area contributed by atoms with Crippen LogP contribution in [0.2, 0.25) is 0 Å². The molecule has 4 rings (SSSR count). The summed E-state index contributed by atoms with van der Waals surface area (Å²) in [6.45, 7) is 1.86. The fourth-order valence-electron chi connectivity index (χ4n) is 3.32. The predicted octanol–water partition coefficient (Wildman–Crippen LogP) is 4.18. The summed E-state index contributed by atoms with van der Waals surface area (Å²) in [7, 11) is 0. The van der Waals surface area contributed by atoms with Crippen molar-refractivity contribution in [2.24, 2.45) is 0 Å². The van der Waals surface area contributed by atoms with Crippen molar-refractivity contribution in [3.8, 4) is 0 Å². The van der Waals surface area contributed by atoms with Crippen LogP contribution < -0.4 is 5.32 Å². The fourth-order valence-corrected chi connectivity index (χ4v) is 4.18. The molecule has 8 heteroatoms. The van der Waals surface area contributed by atoms with Gasteiger partial charge in [0.2, 0.25) is 0 Å². The van der Waals surface area contributed by atoms with Gasteiger partial charge in [0, 0.05) is 17.9 Å². The fraction of sp³-hybridized carbons (Fsp3) is 0.318. The average Bonchev–Trinajstić information content (AvgIpc) is 3.43. The molecule has 1 atom stereocenters. The lowest BCUT2D eigenvalue weighted by Crippen LogP contribution is -2.19. The van der Waals surface area contributed by atoms with Gasteiger partial charge in [-0.15, -0.1) is 10.2 Å². The summed E-state index contributed by atoms with van der Waals surface area (Å²) < 4.78 is 20.9. The van der Waals surface area contributed by atoms with Crippen LogP contribution in [0.1, 0.15) is 29.0 Å². The maximum absolute atomic E-state index is 13.1. The molecular weight excluding hydrogens is 403 g/mol. The molecule has 0 unspecified atom stereocenters. The number of anilines is 1. The molecule has 0 bridgehead atoms. The van der Waals surface area contributed by atoms with Crippen molar-refractivity contribution in [2.75, 3.05) is 17.7 Å². The smallest absolute Gasteiger partial charge is 0.191 e. The first-order chi connectivity index (χ1) is 14.7. The molecule has 1 saturated heterocycles. The van der Waals surface area contributed by atoms with Gasteiger partial charge in [0.05, 0.1) is 24.9 Å². The third-order valence-electron chi connectivity index (χ3n) is 4.93. The zero-order chi connectivity index (χ0) is 20.8. The van der Waals surface area contributed by atoms with Gasteiger partial charge in [0.15, 0.2) is 16.8 Å². The number of rotatable bonds is 9. The molecule has 1 aliphatic heterocycles. The Hall–Kier alpha value is -2.71. The van der Waals surface area contributed by atoms with E-state index in [0.29, 0.717) is 29.6 Å². The van der Waals surface area contributed by atoms with Gasteiger partial charge in [-0.3, -0.25) is 4.79 Å². The van der Waals surface area contributed by atoms with E-state index in [0.717, 1.165) is 31.0 Å². The Balaban J connectivity index is 1.46. The molecule has 156 valence electrons. The first-order valence-electron chi connectivity index (χ1n) is 9.93. The number of nitrogens with zero attached hydrogens (tertiary/aromatic N) is 3. The van der Waals surface area contributed by atoms with Crippen molar-refractivity contribution < 1.29 is 13.9 Å². The van der Waals surface area contributed by atoms with E-state index in [1.54, 1.807) is 12.1 Å². The number of ether oxygens (including phenoxy) is 1. The number of carbonyl (C=O) groups excluding carboxylic acids is 1. The summed E-state index contributed by atoms with van der Waals surface area (Å²) in [4.78, 5) is 12.5. The second-order valence-electron chi connectivity index (χ2n) is 7.08. The number of ketones is 1. The molecule has 0 amide bonds. The van der Waals surface area contributed by atoms with E-state index >= 15 is 0 Å². The highest BCUT2D eigenvalue weighted by Crippen LogP contribution is 2.23. The summed E-state index contributed by atoms with van der Waals surface area (Å²) in [6.07, 6.45) is 2.16. The molecule has 0 saturated carbocycles. The molecule has 3 aromatic rings. The highest BCUT2D eigenvalue weighted by atomic mass is 32.2. The SMILES string of the molecule is O=C(CSc1nnc(CNc2ccc(F)cc2)n1C[C@H]1CCCO1)c1ccccc1. The number of thioether (sulfide) groups is 1. The van der Waals surface area contributed by atoms with Gasteiger partial charge in [0.25, 0.3) is 0 Å². The van der Waals surface area contributed by atoms with Crippen molar-refractivity contribution in [1.29, 1.82) is 0 Å². The van der Waals surface area contributed by atoms with Crippen LogP contribution in [0.4, 0.5) is 10.1 Å². The van der Waals surface area contributed by atoms with E-state index in [1.165, 1.54) is 23.9 Å². The molecule has 30 heavy (non-hydrogen) atoms. The van der Waals surface area contributed by atoms with Gasteiger partial charge in [0.1, 0.15) is 5.82 Å². The molecule has 1 fully saturated rings. The van der Waals surface area contributed by atoms with Crippen LogP contribution in [0.25, 0.3) is 0 Å². The normalized spacial score (nSPS) is 16.0. The molecule has 1 N–H and O–H groups in total. The summed E-state index contributed by atoms with van der Waals surface area (Å²) in [6, 6.07) is 15.4. The molecule has 0 aliphatic carbocycles. The standard InChI is InChI=1S/C22H23FN4O2S/c23-17-8-10-18(11-9-17)24-13-21-25-26-22(27(21)14-19-7-4-12-29-19)30-15-20(28)16-5-2-1-3-6-16/h1-3,5-6,8-11,19,24H,4,7,12-15H2/t19-/m1/s1. The van der Waals surface area contributed by atoms with Crippen molar-refractivity contribution in [2.45, 2.75) is 37.2 Å². The number of halogens is 1. The van der Waals surface area contributed by atoms with Crippen LogP contribution in [-0.4, -0.2) is 39.0 Å². The Morgan fingerprint density at radius 2 is 1.97 bits per heavy atom. The largest absolute Gasteiger partial charge is 0.378 e. The molecule has 2 heterocycles. The molecule has 1 aromatic heterocycles. The number of carbonyl (C=O) groups is 1. The highest BCUT2D eigenvalue weighted by Gasteiger charge is 2.21. The van der Waals surface area contributed by atoms with Crippen molar-refractivity contribution >= 4 is 23.2 Å². The van der Waals surface area contributed by atoms with Crippen LogP contribution >= 0.6 is 11.8 Å². The van der Waals surface area contributed by atoms with E-state index < -0.39 is 0 Å². The minimum Gasteiger partial charge on any atom is -0.378 e. The second kappa shape index (κ2) is 9.86. The quantitative estimate of drug-likeness (QED) is 0.409. The lowest BCUT2D eigenvalue weighted by molar-refractivity contribution is 0.0942. The number of aromatic nitrogens is 3. The summed E-state index contributed by atoms with van der Waals surface area (Å²) >= 11 is 1.38. The number of hydrogen-bond acceptors (Lipinski definition) is 6. The van der Waals surface area contributed by atoms with Crippen molar-refractivity contribution in [1.82, 2.24) is 14.8 Å². The Labute approximate surface area is 178 Å². The lowest BCUT2D eigenvalue weighted by atomic mass is 10.2. The van der Waals surface area contributed by atoms with Gasteiger partial charge in [-0.1, -0.05) is 42.1 Å². The van der Waals surface area contributed by atoms with Crippen LogP contribution in [0, 0.1) is 5.82 Å². The number of hydrogen-bond donors (Lipinski definition) is 1. The zero-order valence-electron chi connectivity index (χ0n) is 16.5. The van der Waals surface area contributed by atoms with Gasteiger partial charge in [-0.25, -0.2) is 4.39 Å². The third-order valence-corrected chi connectivity index (χ3v) is 5.89. The average molecular weight is 427 g/mol. The Morgan fingerprint density at radius 3 is 2.70 bits per heavy atom. The molecule has 1 aliphatic rings. The van der Waals surface area contributed by atoms with E-state index in [9.17, 15) is 9.18 Å². The van der Waals surface area contributed by atoms with Crippen LogP contribution in [-0.2, 0) is 17.8 Å². The van der Waals surface area contributed by atoms with E-state index in [-0.39, 0.29) is 17.7 Å². The number of benzene rings is 2. The number of nitrogens with one attached hydrogen (secondary N) is 1. The van der Waals surface area contributed by atoms with Gasteiger partial charge >= 0.3 is 0 Å². The summed E-state index contributed by atoms with van der Waals surface area (Å²) in [5, 5.41) is 12.6. The monoisotopic (exact) mass is 426 g/mol. The summed E-state index contributed by atoms with van der Waals surface area (Å²) in [5.74, 6) is 0.825. The van der Waals surface area contributed by atoms with Crippen LogP contribution in [0.3, 0.4) is 0 Å². The first kappa shape index (κ1) is 20.6. The Kier molecular flexibility index (Phi) is 6.76. The van der Waals surface area contributed by atoms with Crippen LogP contribution in [0.5, 0.6) is 0 Å². The minimum atomic E-state index is -0.274. The highest BCUT2D eigenvalue weighted by molar-refractivity contribution is 7.99. The van der Waals surface area contributed by atoms with E-state index in [1.807, 2.05) is 34.9 Å². The number of Topliss-reactive ketones (excluding diaryl/α,β-unsaturated/α-hetero) is 1. The molecule has 0 spiro atoms. The maximum atomic E-state index is 13.1. The second-order valence-corrected chi connectivity index (χ2v) is 8.03. The molecule has 0 radical (unpaired) electrons. The first-order valence-corrected chi connectivity index (χ1v) is 10.9. The van der Waals surface area contributed by atoms with E-state index in [2.05, 4.69) is 15.5 Å². The molecular formula is C22H23FN4O2S. The lowest BCUT2D eigenvalue weighted by Gasteiger charge is -2.15. The van der Waals surface area contributed by atoms with Gasteiger partial charge in [-0.2, -0.15) is 0 Å². The summed E-state index contributed by atoms with van der Waals surface area (Å²) in [5.41, 5.74) is 1.49. The third kappa shape index (κ3) is 5.25.